The summed E-state index contributed by atoms with van der Waals surface area (Å²) < 4.78 is 4.84. The summed E-state index contributed by atoms with van der Waals surface area (Å²) in [6, 6.07) is 13.1. The molecule has 0 saturated carbocycles. The fraction of sp³-hybridized carbons (Fsp3) is 0.158. The van der Waals surface area contributed by atoms with Crippen molar-refractivity contribution in [3.63, 3.8) is 0 Å². The zero-order valence-corrected chi connectivity index (χ0v) is 15.6. The molecule has 0 aliphatic heterocycles. The van der Waals surface area contributed by atoms with Crippen molar-refractivity contribution in [3.05, 3.63) is 82.5 Å². The van der Waals surface area contributed by atoms with E-state index >= 15 is 0 Å². The number of hydrogen-bond acceptors (Lipinski definition) is 4. The topological polar surface area (TPSA) is 70.5 Å². The molecule has 3 aromatic heterocycles. The van der Waals surface area contributed by atoms with Crippen molar-refractivity contribution in [2.24, 2.45) is 0 Å². The zero-order valence-electron chi connectivity index (χ0n) is 14.9. The maximum absolute atomic E-state index is 13.1. The molecular formula is C19H17ClN6O. The largest absolute Gasteiger partial charge is 0.307 e. The van der Waals surface area contributed by atoms with Crippen LogP contribution in [0.2, 0.25) is 5.02 Å². The maximum atomic E-state index is 13.1. The maximum Gasteiger partial charge on any atom is 0.302 e. The lowest BCUT2D eigenvalue weighted by Crippen LogP contribution is -2.19. The molecule has 4 aromatic rings. The van der Waals surface area contributed by atoms with Crippen molar-refractivity contribution >= 4 is 17.5 Å². The molecule has 0 bridgehead atoms. The number of rotatable bonds is 4. The van der Waals surface area contributed by atoms with Crippen molar-refractivity contribution in [1.82, 2.24) is 29.3 Å². The highest BCUT2D eigenvalue weighted by molar-refractivity contribution is 6.31. The van der Waals surface area contributed by atoms with Crippen molar-refractivity contribution in [2.45, 2.75) is 20.4 Å². The third-order valence-electron chi connectivity index (χ3n) is 4.24. The Bertz CT molecular complexity index is 1110. The van der Waals surface area contributed by atoms with Gasteiger partial charge in [-0.3, -0.25) is 4.79 Å². The first-order valence-corrected chi connectivity index (χ1v) is 8.80. The number of aryl methyl sites for hydroxylation is 2. The molecule has 0 fully saturated rings. The van der Waals surface area contributed by atoms with Gasteiger partial charge in [0, 0.05) is 23.1 Å². The van der Waals surface area contributed by atoms with E-state index in [1.54, 1.807) is 4.68 Å². The SMILES string of the molecule is Cc1cc(C)n(C(=O)c2nnn(Cc3ccccc3Cl)c2-n2cccc2)n1. The van der Waals surface area contributed by atoms with Crippen LogP contribution in [0.15, 0.2) is 54.9 Å². The van der Waals surface area contributed by atoms with E-state index in [9.17, 15) is 4.79 Å². The second kappa shape index (κ2) is 6.85. The van der Waals surface area contributed by atoms with Crippen LogP contribution in [-0.2, 0) is 6.54 Å². The summed E-state index contributed by atoms with van der Waals surface area (Å²) in [4.78, 5) is 13.1. The monoisotopic (exact) mass is 380 g/mol. The Morgan fingerprint density at radius 2 is 1.85 bits per heavy atom. The normalized spacial score (nSPS) is 11.1. The van der Waals surface area contributed by atoms with Crippen molar-refractivity contribution in [2.75, 3.05) is 0 Å². The third-order valence-corrected chi connectivity index (χ3v) is 4.61. The number of hydrogen-bond donors (Lipinski definition) is 0. The molecule has 0 aliphatic rings. The van der Waals surface area contributed by atoms with E-state index in [2.05, 4.69) is 15.4 Å². The van der Waals surface area contributed by atoms with Crippen LogP contribution < -0.4 is 0 Å². The van der Waals surface area contributed by atoms with E-state index in [-0.39, 0.29) is 11.6 Å². The van der Waals surface area contributed by atoms with Crippen LogP contribution in [0.5, 0.6) is 0 Å². The molecule has 4 rings (SSSR count). The molecule has 0 saturated heterocycles. The lowest BCUT2D eigenvalue weighted by atomic mass is 10.2. The predicted molar refractivity (Wildman–Crippen MR) is 101 cm³/mol. The first-order valence-electron chi connectivity index (χ1n) is 8.43. The summed E-state index contributed by atoms with van der Waals surface area (Å²) in [6.45, 7) is 4.07. The highest BCUT2D eigenvalue weighted by Gasteiger charge is 2.24. The summed E-state index contributed by atoms with van der Waals surface area (Å²) >= 11 is 6.29. The molecule has 0 aliphatic carbocycles. The minimum atomic E-state index is -0.324. The summed E-state index contributed by atoms with van der Waals surface area (Å²) in [7, 11) is 0. The Balaban J connectivity index is 1.81. The summed E-state index contributed by atoms with van der Waals surface area (Å²) in [6.07, 6.45) is 3.69. The van der Waals surface area contributed by atoms with Gasteiger partial charge in [0.15, 0.2) is 11.5 Å². The number of halogens is 1. The second-order valence-electron chi connectivity index (χ2n) is 6.25. The van der Waals surface area contributed by atoms with Gasteiger partial charge in [-0.15, -0.1) is 5.10 Å². The molecule has 0 N–H and O–H groups in total. The molecule has 0 atom stereocenters. The molecule has 8 heteroatoms. The number of carbonyl (C=O) groups is 1. The van der Waals surface area contributed by atoms with Crippen LogP contribution in [-0.4, -0.2) is 35.2 Å². The minimum absolute atomic E-state index is 0.226. The summed E-state index contributed by atoms with van der Waals surface area (Å²) in [5, 5.41) is 13.3. The molecular weight excluding hydrogens is 364 g/mol. The molecule has 0 amide bonds. The molecule has 3 heterocycles. The molecule has 27 heavy (non-hydrogen) atoms. The van der Waals surface area contributed by atoms with E-state index in [1.165, 1.54) is 4.68 Å². The number of carbonyl (C=O) groups excluding carboxylic acids is 1. The number of aromatic nitrogens is 6. The molecule has 1 aromatic carbocycles. The Morgan fingerprint density at radius 3 is 2.52 bits per heavy atom. The Morgan fingerprint density at radius 1 is 1.11 bits per heavy atom. The highest BCUT2D eigenvalue weighted by Crippen LogP contribution is 2.20. The van der Waals surface area contributed by atoms with Gasteiger partial charge in [-0.05, 0) is 43.7 Å². The van der Waals surface area contributed by atoms with E-state index in [0.29, 0.717) is 17.4 Å². The van der Waals surface area contributed by atoms with Gasteiger partial charge in [0.1, 0.15) is 0 Å². The minimum Gasteiger partial charge on any atom is -0.307 e. The Labute approximate surface area is 160 Å². The Hall–Kier alpha value is -3.19. The zero-order chi connectivity index (χ0) is 19.0. The van der Waals surface area contributed by atoms with E-state index in [4.69, 9.17) is 11.6 Å². The van der Waals surface area contributed by atoms with Crippen LogP contribution in [0.25, 0.3) is 5.82 Å². The van der Waals surface area contributed by atoms with Crippen molar-refractivity contribution in [1.29, 1.82) is 0 Å². The van der Waals surface area contributed by atoms with E-state index < -0.39 is 0 Å². The molecule has 0 spiro atoms. The van der Waals surface area contributed by atoms with Gasteiger partial charge in [0.25, 0.3) is 0 Å². The smallest absolute Gasteiger partial charge is 0.302 e. The summed E-state index contributed by atoms with van der Waals surface area (Å²) in [5.41, 5.74) is 2.63. The van der Waals surface area contributed by atoms with Crippen molar-refractivity contribution < 1.29 is 4.79 Å². The number of benzene rings is 1. The lowest BCUT2D eigenvalue weighted by Gasteiger charge is -2.10. The highest BCUT2D eigenvalue weighted by atomic mass is 35.5. The fourth-order valence-corrected chi connectivity index (χ4v) is 3.20. The van der Waals surface area contributed by atoms with Crippen LogP contribution >= 0.6 is 11.6 Å². The molecule has 0 radical (unpaired) electrons. The molecule has 7 nitrogen and oxygen atoms in total. The van der Waals surface area contributed by atoms with Gasteiger partial charge in [0.05, 0.1) is 12.2 Å². The molecule has 136 valence electrons. The van der Waals surface area contributed by atoms with Crippen LogP contribution in [0.4, 0.5) is 0 Å². The van der Waals surface area contributed by atoms with E-state index in [1.807, 2.05) is 73.3 Å². The quantitative estimate of drug-likeness (QED) is 0.544. The van der Waals surface area contributed by atoms with Gasteiger partial charge in [-0.1, -0.05) is 35.0 Å². The first kappa shape index (κ1) is 17.2. The second-order valence-corrected chi connectivity index (χ2v) is 6.65. The average molecular weight is 381 g/mol. The lowest BCUT2D eigenvalue weighted by molar-refractivity contribution is 0.0937. The van der Waals surface area contributed by atoms with Gasteiger partial charge in [0.2, 0.25) is 0 Å². The predicted octanol–water partition coefficient (Wildman–Crippen LogP) is 3.27. The average Bonchev–Trinajstić information content (AvgIpc) is 3.36. The van der Waals surface area contributed by atoms with Gasteiger partial charge >= 0.3 is 5.91 Å². The molecule has 0 unspecified atom stereocenters. The fourth-order valence-electron chi connectivity index (χ4n) is 3.01. The van der Waals surface area contributed by atoms with Crippen molar-refractivity contribution in [3.8, 4) is 5.82 Å². The van der Waals surface area contributed by atoms with Gasteiger partial charge in [-0.2, -0.15) is 9.78 Å². The Kier molecular flexibility index (Phi) is 4.37. The van der Waals surface area contributed by atoms with Crippen LogP contribution in [0, 0.1) is 13.8 Å². The first-order chi connectivity index (χ1) is 13.0. The van der Waals surface area contributed by atoms with Gasteiger partial charge in [-0.25, -0.2) is 4.68 Å². The van der Waals surface area contributed by atoms with E-state index in [0.717, 1.165) is 17.0 Å². The summed E-state index contributed by atoms with van der Waals surface area (Å²) in [5.74, 6) is 0.243. The van der Waals surface area contributed by atoms with Gasteiger partial charge < -0.3 is 4.57 Å². The van der Waals surface area contributed by atoms with Crippen LogP contribution in [0.3, 0.4) is 0 Å². The third kappa shape index (κ3) is 3.17. The van der Waals surface area contributed by atoms with Crippen LogP contribution in [0.1, 0.15) is 27.4 Å². The standard InChI is InChI=1S/C19H17ClN6O/c1-13-11-14(2)26(22-13)19(27)17-18(24-9-5-6-10-24)25(23-21-17)12-15-7-3-4-8-16(15)20/h3-11H,12H2,1-2H3. The number of nitrogens with zero attached hydrogens (tertiary/aromatic N) is 6.